The number of hydrogen-bond acceptors (Lipinski definition) is 3. The van der Waals surface area contributed by atoms with E-state index in [1.165, 1.54) is 0 Å². The van der Waals surface area contributed by atoms with E-state index in [1.54, 1.807) is 12.1 Å². The van der Waals surface area contributed by atoms with Crippen LogP contribution in [0.15, 0.2) is 29.2 Å². The molecule has 0 aliphatic heterocycles. The number of benzene rings is 1. The highest BCUT2D eigenvalue weighted by atomic mass is 32.2. The zero-order valence-electron chi connectivity index (χ0n) is 15.3. The minimum Gasteiger partial charge on any atom is -0.272 e. The van der Waals surface area contributed by atoms with Crippen LogP contribution < -0.4 is 4.72 Å². The van der Waals surface area contributed by atoms with Gasteiger partial charge in [0.1, 0.15) is 0 Å². The molecule has 1 aromatic carbocycles. The lowest BCUT2D eigenvalue weighted by molar-refractivity contribution is 0.578. The van der Waals surface area contributed by atoms with Crippen molar-refractivity contribution in [2.24, 2.45) is 7.05 Å². The molecule has 0 bridgehead atoms. The Labute approximate surface area is 145 Å². The second-order valence-electron chi connectivity index (χ2n) is 7.20. The first kappa shape index (κ1) is 18.7. The van der Waals surface area contributed by atoms with Gasteiger partial charge in [0.05, 0.1) is 10.6 Å². The Morgan fingerprint density at radius 2 is 1.71 bits per heavy atom. The van der Waals surface area contributed by atoms with E-state index in [4.69, 9.17) is 0 Å². The maximum atomic E-state index is 12.4. The molecule has 0 fully saturated rings. The molecule has 1 heterocycles. The van der Waals surface area contributed by atoms with E-state index in [1.807, 2.05) is 37.7 Å². The lowest BCUT2D eigenvalue weighted by atomic mass is 9.87. The zero-order valence-corrected chi connectivity index (χ0v) is 16.2. The van der Waals surface area contributed by atoms with Gasteiger partial charge in [-0.2, -0.15) is 5.10 Å². The van der Waals surface area contributed by atoms with Crippen molar-refractivity contribution in [2.75, 3.05) is 6.54 Å². The van der Waals surface area contributed by atoms with Gasteiger partial charge in [0.25, 0.3) is 0 Å². The van der Waals surface area contributed by atoms with Gasteiger partial charge in [-0.3, -0.25) is 4.68 Å². The standard InChI is InChI=1S/C18H27N3O2S/c1-13-17(14(2)21(6)20-13)11-12-19-24(22,23)16-9-7-15(8-10-16)18(3,4)5/h7-10,19H,11-12H2,1-6H3. The van der Waals surface area contributed by atoms with Gasteiger partial charge < -0.3 is 0 Å². The topological polar surface area (TPSA) is 64.0 Å². The maximum Gasteiger partial charge on any atom is 0.240 e. The highest BCUT2D eigenvalue weighted by Crippen LogP contribution is 2.23. The minimum absolute atomic E-state index is 0.00504. The van der Waals surface area contributed by atoms with Gasteiger partial charge in [-0.1, -0.05) is 32.9 Å². The van der Waals surface area contributed by atoms with E-state index in [-0.39, 0.29) is 5.41 Å². The van der Waals surface area contributed by atoms with Crippen LogP contribution in [0.4, 0.5) is 0 Å². The molecule has 0 spiro atoms. The Hall–Kier alpha value is -1.66. The number of aryl methyl sites for hydroxylation is 2. The minimum atomic E-state index is -3.49. The van der Waals surface area contributed by atoms with Crippen LogP contribution in [0.5, 0.6) is 0 Å². The third-order valence-electron chi connectivity index (χ3n) is 4.36. The fraction of sp³-hybridized carbons (Fsp3) is 0.500. The summed E-state index contributed by atoms with van der Waals surface area (Å²) >= 11 is 0. The van der Waals surface area contributed by atoms with E-state index in [9.17, 15) is 8.42 Å². The van der Waals surface area contributed by atoms with Gasteiger partial charge in [-0.15, -0.1) is 0 Å². The van der Waals surface area contributed by atoms with Crippen molar-refractivity contribution in [1.82, 2.24) is 14.5 Å². The third kappa shape index (κ3) is 4.05. The smallest absolute Gasteiger partial charge is 0.240 e. The van der Waals surface area contributed by atoms with Gasteiger partial charge in [-0.05, 0) is 48.9 Å². The molecule has 6 heteroatoms. The number of aromatic nitrogens is 2. The Morgan fingerprint density at radius 3 is 2.17 bits per heavy atom. The van der Waals surface area contributed by atoms with Gasteiger partial charge in [0, 0.05) is 19.3 Å². The molecule has 0 saturated heterocycles. The maximum absolute atomic E-state index is 12.4. The molecule has 0 aliphatic carbocycles. The van der Waals surface area contributed by atoms with Gasteiger partial charge in [0.15, 0.2) is 0 Å². The Morgan fingerprint density at radius 1 is 1.12 bits per heavy atom. The van der Waals surface area contributed by atoms with Gasteiger partial charge in [-0.25, -0.2) is 13.1 Å². The SMILES string of the molecule is Cc1nn(C)c(C)c1CCNS(=O)(=O)c1ccc(C(C)(C)C)cc1. The molecule has 0 unspecified atom stereocenters. The summed E-state index contributed by atoms with van der Waals surface area (Å²) < 4.78 is 29.4. The average Bonchev–Trinajstić information content (AvgIpc) is 2.72. The lowest BCUT2D eigenvalue weighted by Crippen LogP contribution is -2.26. The van der Waals surface area contributed by atoms with E-state index < -0.39 is 10.0 Å². The Kier molecular flexibility index (Phi) is 5.20. The number of nitrogens with one attached hydrogen (secondary N) is 1. The summed E-state index contributed by atoms with van der Waals surface area (Å²) in [5, 5.41) is 4.36. The first-order valence-electron chi connectivity index (χ1n) is 8.11. The van der Waals surface area contributed by atoms with Crippen molar-refractivity contribution < 1.29 is 8.42 Å². The van der Waals surface area contributed by atoms with Crippen molar-refractivity contribution in [3.05, 3.63) is 46.8 Å². The van der Waals surface area contributed by atoms with E-state index >= 15 is 0 Å². The van der Waals surface area contributed by atoms with E-state index in [2.05, 4.69) is 30.6 Å². The molecule has 5 nitrogen and oxygen atoms in total. The number of hydrogen-bond donors (Lipinski definition) is 1. The van der Waals surface area contributed by atoms with Crippen molar-refractivity contribution in [3.63, 3.8) is 0 Å². The summed E-state index contributed by atoms with van der Waals surface area (Å²) in [6, 6.07) is 7.10. The Balaban J connectivity index is 2.06. The first-order valence-corrected chi connectivity index (χ1v) is 9.60. The predicted molar refractivity (Wildman–Crippen MR) is 96.7 cm³/mol. The largest absolute Gasteiger partial charge is 0.272 e. The number of sulfonamides is 1. The van der Waals surface area contributed by atoms with Crippen molar-refractivity contribution in [2.45, 2.75) is 51.3 Å². The zero-order chi connectivity index (χ0) is 18.1. The van der Waals surface area contributed by atoms with Crippen LogP contribution >= 0.6 is 0 Å². The molecule has 0 atom stereocenters. The molecule has 2 aromatic rings. The average molecular weight is 350 g/mol. The summed E-state index contributed by atoms with van der Waals surface area (Å²) in [5.74, 6) is 0. The molecule has 0 radical (unpaired) electrons. The Bertz CT molecular complexity index is 813. The van der Waals surface area contributed by atoms with Crippen LogP contribution in [0.25, 0.3) is 0 Å². The molecule has 24 heavy (non-hydrogen) atoms. The highest BCUT2D eigenvalue weighted by Gasteiger charge is 2.18. The summed E-state index contributed by atoms with van der Waals surface area (Å²) in [5.41, 5.74) is 4.24. The highest BCUT2D eigenvalue weighted by molar-refractivity contribution is 7.89. The normalized spacial score (nSPS) is 12.6. The summed E-state index contributed by atoms with van der Waals surface area (Å²) in [4.78, 5) is 0.301. The second kappa shape index (κ2) is 6.69. The predicted octanol–water partition coefficient (Wildman–Crippen LogP) is 2.86. The van der Waals surface area contributed by atoms with Crippen LogP contribution in [0.1, 0.15) is 43.3 Å². The quantitative estimate of drug-likeness (QED) is 0.903. The van der Waals surface area contributed by atoms with Crippen molar-refractivity contribution in [3.8, 4) is 0 Å². The van der Waals surface area contributed by atoms with Gasteiger partial charge >= 0.3 is 0 Å². The molecule has 0 saturated carbocycles. The van der Waals surface area contributed by atoms with Gasteiger partial charge in [0.2, 0.25) is 10.0 Å². The lowest BCUT2D eigenvalue weighted by Gasteiger charge is -2.19. The van der Waals surface area contributed by atoms with E-state index in [0.29, 0.717) is 17.9 Å². The molecule has 0 aliphatic rings. The first-order chi connectivity index (χ1) is 11.0. The molecule has 2 rings (SSSR count). The molecular weight excluding hydrogens is 322 g/mol. The molecule has 132 valence electrons. The summed E-state index contributed by atoms with van der Waals surface area (Å²) in [6.45, 7) is 10.6. The van der Waals surface area contributed by atoms with Crippen LogP contribution in [0.2, 0.25) is 0 Å². The van der Waals surface area contributed by atoms with Crippen LogP contribution in [0.3, 0.4) is 0 Å². The summed E-state index contributed by atoms with van der Waals surface area (Å²) in [7, 11) is -1.59. The fourth-order valence-electron chi connectivity index (χ4n) is 2.71. The number of rotatable bonds is 5. The van der Waals surface area contributed by atoms with Crippen LogP contribution in [0, 0.1) is 13.8 Å². The van der Waals surface area contributed by atoms with Crippen LogP contribution in [-0.4, -0.2) is 24.7 Å². The fourth-order valence-corrected chi connectivity index (χ4v) is 3.74. The van der Waals surface area contributed by atoms with Crippen molar-refractivity contribution >= 4 is 10.0 Å². The monoisotopic (exact) mass is 349 g/mol. The molecular formula is C18H27N3O2S. The summed E-state index contributed by atoms with van der Waals surface area (Å²) in [6.07, 6.45) is 0.630. The van der Waals surface area contributed by atoms with Crippen LogP contribution in [-0.2, 0) is 28.9 Å². The second-order valence-corrected chi connectivity index (χ2v) is 8.96. The molecule has 1 N–H and O–H groups in total. The molecule has 0 amide bonds. The third-order valence-corrected chi connectivity index (χ3v) is 5.83. The van der Waals surface area contributed by atoms with Crippen molar-refractivity contribution in [1.29, 1.82) is 0 Å². The number of nitrogens with zero attached hydrogens (tertiary/aromatic N) is 2. The van der Waals surface area contributed by atoms with E-state index in [0.717, 1.165) is 22.5 Å². The molecule has 1 aromatic heterocycles.